The zero-order valence-electron chi connectivity index (χ0n) is 28.7. The summed E-state index contributed by atoms with van der Waals surface area (Å²) in [5.74, 6) is 2.45. The number of ether oxygens (including phenoxy) is 1. The van der Waals surface area contributed by atoms with E-state index in [4.69, 9.17) is 18.2 Å². The summed E-state index contributed by atoms with van der Waals surface area (Å²) in [7, 11) is 0. The minimum Gasteiger partial charge on any atom is -0.551 e. The first kappa shape index (κ1) is 28.4. The van der Waals surface area contributed by atoms with E-state index in [9.17, 15) is 0 Å². The Morgan fingerprint density at radius 3 is 2.07 bits per heavy atom. The highest BCUT2D eigenvalue weighted by atomic mass is 16.5. The van der Waals surface area contributed by atoms with Gasteiger partial charge in [-0.1, -0.05) is 78.9 Å². The summed E-state index contributed by atoms with van der Waals surface area (Å²) in [4.78, 5) is 0. The number of furan rings is 2. The second kappa shape index (κ2) is 10.2. The Bertz CT molecular complexity index is 3370. The third kappa shape index (κ3) is 3.73. The van der Waals surface area contributed by atoms with E-state index in [1.165, 1.54) is 21.8 Å². The van der Waals surface area contributed by atoms with Crippen LogP contribution < -0.4 is 20.3 Å². The minimum atomic E-state index is -0.333. The summed E-state index contributed by atoms with van der Waals surface area (Å²) < 4.78 is 28.9. The summed E-state index contributed by atoms with van der Waals surface area (Å²) in [5.41, 5.74) is 13.1. The third-order valence-electron chi connectivity index (χ3n) is 11.5. The van der Waals surface area contributed by atoms with E-state index in [0.29, 0.717) is 0 Å². The topological polar surface area (TPSA) is 49.7 Å². The largest absolute Gasteiger partial charge is 0.551 e. The zero-order chi connectivity index (χ0) is 35.1. The van der Waals surface area contributed by atoms with Crippen LogP contribution in [0.3, 0.4) is 0 Å². The highest BCUT2D eigenvalue weighted by Gasteiger charge is 2.41. The van der Waals surface area contributed by atoms with Crippen molar-refractivity contribution in [3.8, 4) is 45.2 Å². The Kier molecular flexibility index (Phi) is 5.39. The molecule has 2 aliphatic rings. The molecular weight excluding hydrogens is 665 g/mol. The maximum Gasteiger partial charge on any atom is 0.434 e. The molecule has 0 fully saturated rings. The molecule has 2 aliphatic heterocycles. The first-order valence-electron chi connectivity index (χ1n) is 18.3. The number of hydrogen-bond acceptors (Lipinski definition) is 4. The normalized spacial score (nSPS) is 13.1. The molecule has 0 aliphatic carbocycles. The second-order valence-corrected chi connectivity index (χ2v) is 14.4. The molecule has 0 amide bonds. The Morgan fingerprint density at radius 1 is 0.444 bits per heavy atom. The van der Waals surface area contributed by atoms with Gasteiger partial charge in [0.25, 0.3) is 0 Å². The molecule has 8 aromatic carbocycles. The lowest BCUT2D eigenvalue weighted by Gasteiger charge is -2.33. The van der Waals surface area contributed by atoms with Crippen molar-refractivity contribution in [3.63, 3.8) is 0 Å². The van der Waals surface area contributed by atoms with Crippen molar-refractivity contribution in [2.45, 2.75) is 0 Å². The van der Waals surface area contributed by atoms with Gasteiger partial charge in [-0.05, 0) is 95.6 Å². The predicted octanol–water partition coefficient (Wildman–Crippen LogP) is 11.5. The molecule has 5 nitrogen and oxygen atoms in total. The molecule has 0 bridgehead atoms. The van der Waals surface area contributed by atoms with E-state index in [1.807, 2.05) is 30.3 Å². The van der Waals surface area contributed by atoms with Crippen LogP contribution in [0, 0.1) is 0 Å². The third-order valence-corrected chi connectivity index (χ3v) is 11.5. The van der Waals surface area contributed by atoms with Crippen molar-refractivity contribution < 1.29 is 18.2 Å². The number of benzene rings is 8. The van der Waals surface area contributed by atoms with Gasteiger partial charge in [0, 0.05) is 49.1 Å². The van der Waals surface area contributed by atoms with Crippen molar-refractivity contribution in [1.29, 1.82) is 0 Å². The fourth-order valence-corrected chi connectivity index (χ4v) is 9.08. The van der Waals surface area contributed by atoms with Crippen LogP contribution >= 0.6 is 0 Å². The van der Waals surface area contributed by atoms with Gasteiger partial charge in [-0.3, -0.25) is 0 Å². The predicted molar refractivity (Wildman–Crippen MR) is 218 cm³/mol. The van der Waals surface area contributed by atoms with Gasteiger partial charge < -0.3 is 22.8 Å². The van der Waals surface area contributed by atoms with E-state index >= 15 is 0 Å². The number of fused-ring (bicyclic) bond motifs is 14. The van der Waals surface area contributed by atoms with E-state index in [1.54, 1.807) is 0 Å². The number of aromatic nitrogens is 1. The second-order valence-electron chi connectivity index (χ2n) is 14.4. The van der Waals surface area contributed by atoms with Crippen LogP contribution in [-0.2, 0) is 0 Å². The van der Waals surface area contributed by atoms with Crippen molar-refractivity contribution in [2.24, 2.45) is 0 Å². The minimum absolute atomic E-state index is 0.333. The van der Waals surface area contributed by atoms with Crippen LogP contribution in [0.2, 0.25) is 0 Å². The summed E-state index contributed by atoms with van der Waals surface area (Å²) in [6.45, 7) is -0.333. The van der Waals surface area contributed by atoms with Crippen LogP contribution in [0.5, 0.6) is 17.2 Å². The summed E-state index contributed by atoms with van der Waals surface area (Å²) >= 11 is 0. The fourth-order valence-electron chi connectivity index (χ4n) is 9.08. The van der Waals surface area contributed by atoms with E-state index < -0.39 is 0 Å². The molecule has 0 atom stereocenters. The van der Waals surface area contributed by atoms with Crippen molar-refractivity contribution in [3.05, 3.63) is 158 Å². The fraction of sp³-hybridized carbons (Fsp3) is 0. The Hall–Kier alpha value is -7.18. The Morgan fingerprint density at radius 2 is 1.20 bits per heavy atom. The molecule has 6 heteroatoms. The molecule has 0 spiro atoms. The molecule has 3 aromatic heterocycles. The molecule has 5 heterocycles. The molecule has 250 valence electrons. The molecule has 0 saturated carbocycles. The van der Waals surface area contributed by atoms with Crippen LogP contribution in [0.25, 0.3) is 93.6 Å². The van der Waals surface area contributed by atoms with Gasteiger partial charge in [0.2, 0.25) is 0 Å². The van der Waals surface area contributed by atoms with E-state index in [0.717, 1.165) is 100.0 Å². The van der Waals surface area contributed by atoms with E-state index in [2.05, 4.69) is 132 Å². The van der Waals surface area contributed by atoms with Crippen LogP contribution in [0.15, 0.2) is 167 Å². The quantitative estimate of drug-likeness (QED) is 0.169. The van der Waals surface area contributed by atoms with Crippen LogP contribution in [-0.4, -0.2) is 11.5 Å². The smallest absolute Gasteiger partial charge is 0.434 e. The summed E-state index contributed by atoms with van der Waals surface area (Å²) in [6.07, 6.45) is 0. The average molecular weight is 692 g/mol. The molecule has 0 saturated heterocycles. The molecule has 0 radical (unpaired) electrons. The monoisotopic (exact) mass is 691 g/mol. The molecule has 0 N–H and O–H groups in total. The van der Waals surface area contributed by atoms with Gasteiger partial charge in [-0.2, -0.15) is 0 Å². The molecule has 13 rings (SSSR count). The van der Waals surface area contributed by atoms with Crippen molar-refractivity contribution >= 4 is 83.5 Å². The Labute approximate surface area is 308 Å². The number of nitrogens with zero attached hydrogens (tertiary/aromatic N) is 1. The molecule has 0 unspecified atom stereocenters. The van der Waals surface area contributed by atoms with Crippen LogP contribution in [0.1, 0.15) is 0 Å². The average Bonchev–Trinajstić information content (AvgIpc) is 3.90. The molecule has 11 aromatic rings. The highest BCUT2D eigenvalue weighted by molar-refractivity contribution is 6.84. The molecule has 54 heavy (non-hydrogen) atoms. The highest BCUT2D eigenvalue weighted by Crippen LogP contribution is 2.44. The first-order chi connectivity index (χ1) is 26.7. The number of rotatable bonds is 2. The van der Waals surface area contributed by atoms with Gasteiger partial charge in [-0.25, -0.2) is 0 Å². The summed E-state index contributed by atoms with van der Waals surface area (Å²) in [6, 6.07) is 55.2. The number of hydrogen-bond donors (Lipinski definition) is 0. The van der Waals surface area contributed by atoms with Gasteiger partial charge in [0.05, 0.1) is 16.4 Å². The lowest BCUT2D eigenvalue weighted by Crippen LogP contribution is -2.53. The standard InChI is InChI=1S/C48H26BNO4/c1-5-13-38-30(9-1)31-10-2-6-14-39(31)50(38)29-18-21-42-37(26-29)49-47-36(32-11-3-8-16-41(32)54-49)23-28(25-45(47)52-42)27-17-19-33-34-20-22-43-46(48(34)53-44(33)24-27)35-12-4-7-15-40(35)51-43/h1-26H. The van der Waals surface area contributed by atoms with Crippen LogP contribution in [0.4, 0.5) is 0 Å². The zero-order valence-corrected chi connectivity index (χ0v) is 28.7. The van der Waals surface area contributed by atoms with Gasteiger partial charge in [0.15, 0.2) is 0 Å². The van der Waals surface area contributed by atoms with E-state index in [-0.39, 0.29) is 6.92 Å². The summed E-state index contributed by atoms with van der Waals surface area (Å²) in [5, 5.41) is 6.67. The lowest BCUT2D eigenvalue weighted by molar-refractivity contribution is 0.479. The SMILES string of the molecule is c1ccc2c(c1)OB1c3cc(-n4c5ccccc5c5ccccc54)ccc3Oc3cc(-c4ccc5c(c4)oc4c5ccc5oc6ccccc6c54)cc-2c31. The van der Waals surface area contributed by atoms with Crippen molar-refractivity contribution in [2.75, 3.05) is 0 Å². The van der Waals surface area contributed by atoms with Gasteiger partial charge in [0.1, 0.15) is 39.6 Å². The van der Waals surface area contributed by atoms with Crippen molar-refractivity contribution in [1.82, 2.24) is 4.57 Å². The Balaban J connectivity index is 0.983. The van der Waals surface area contributed by atoms with Gasteiger partial charge in [-0.15, -0.1) is 0 Å². The maximum atomic E-state index is 6.90. The molecular formula is C48H26BNO4. The first-order valence-corrected chi connectivity index (χ1v) is 18.3. The number of para-hydroxylation sites is 4. The van der Waals surface area contributed by atoms with Gasteiger partial charge >= 0.3 is 6.92 Å². The maximum absolute atomic E-state index is 6.90. The lowest BCUT2D eigenvalue weighted by atomic mass is 9.50.